The highest BCUT2D eigenvalue weighted by Crippen LogP contribution is 2.48. The number of benzene rings is 1. The van der Waals surface area contributed by atoms with E-state index in [1.807, 2.05) is 37.5 Å². The highest BCUT2D eigenvalue weighted by Gasteiger charge is 2.38. The van der Waals surface area contributed by atoms with Crippen LogP contribution >= 0.6 is 11.3 Å². The highest BCUT2D eigenvalue weighted by atomic mass is 32.1. The Kier molecular flexibility index (Phi) is 7.55. The second kappa shape index (κ2) is 11.0. The summed E-state index contributed by atoms with van der Waals surface area (Å²) in [5.41, 5.74) is 2.25. The largest absolute Gasteiger partial charge is 0.494 e. The Balaban J connectivity index is 1.31. The third-order valence-corrected chi connectivity index (χ3v) is 9.45. The Morgan fingerprint density at radius 2 is 1.90 bits per heavy atom. The lowest BCUT2D eigenvalue weighted by Gasteiger charge is -2.45. The average Bonchev–Trinajstić information content (AvgIpc) is 3.66. The topological polar surface area (TPSA) is 99.1 Å². The van der Waals surface area contributed by atoms with Gasteiger partial charge >= 0.3 is 12.1 Å². The molecule has 3 aromatic rings. The summed E-state index contributed by atoms with van der Waals surface area (Å²) in [6.07, 6.45) is 6.50. The Morgan fingerprint density at radius 1 is 1.14 bits per heavy atom. The third kappa shape index (κ3) is 5.42. The number of fused-ring (bicyclic) bond motifs is 2. The number of carbonyl (C=O) groups excluding carboxylic acids is 2. The lowest BCUT2D eigenvalue weighted by Crippen LogP contribution is -2.60. The smallest absolute Gasteiger partial charge is 0.407 e. The summed E-state index contributed by atoms with van der Waals surface area (Å²) in [6.45, 7) is 9.15. The maximum absolute atomic E-state index is 13.4. The van der Waals surface area contributed by atoms with Gasteiger partial charge in [-0.2, -0.15) is 0 Å². The molecule has 9 nitrogen and oxygen atoms in total. The summed E-state index contributed by atoms with van der Waals surface area (Å²) in [5, 5.41) is 3.47. The number of aromatic nitrogens is 1. The number of likely N-dealkylation sites (tertiary alicyclic amines) is 1. The van der Waals surface area contributed by atoms with Crippen LogP contribution in [0.4, 0.5) is 4.79 Å². The molecule has 1 saturated carbocycles. The first-order valence-electron chi connectivity index (χ1n) is 14.9. The molecule has 0 bridgehead atoms. The monoisotopic (exact) mass is 593 g/mol. The number of hydrogen-bond acceptors (Lipinski definition) is 8. The van der Waals surface area contributed by atoms with E-state index in [4.69, 9.17) is 14.2 Å². The van der Waals surface area contributed by atoms with Crippen molar-refractivity contribution < 1.29 is 23.8 Å². The van der Waals surface area contributed by atoms with Crippen LogP contribution in [0.15, 0.2) is 29.2 Å². The van der Waals surface area contributed by atoms with Crippen molar-refractivity contribution in [2.75, 3.05) is 26.8 Å². The van der Waals surface area contributed by atoms with E-state index >= 15 is 0 Å². The number of ether oxygens (including phenoxy) is 3. The van der Waals surface area contributed by atoms with Crippen molar-refractivity contribution in [3.05, 3.63) is 50.6 Å². The molecule has 1 aliphatic heterocycles. The summed E-state index contributed by atoms with van der Waals surface area (Å²) >= 11 is 1.79. The van der Waals surface area contributed by atoms with Crippen LogP contribution in [0.2, 0.25) is 0 Å². The quantitative estimate of drug-likeness (QED) is 0.344. The van der Waals surface area contributed by atoms with Gasteiger partial charge in [-0.15, -0.1) is 11.3 Å². The van der Waals surface area contributed by atoms with E-state index in [1.165, 1.54) is 10.4 Å². The van der Waals surface area contributed by atoms with Gasteiger partial charge in [0.15, 0.2) is 5.75 Å². The molecule has 224 valence electrons. The lowest BCUT2D eigenvalue weighted by molar-refractivity contribution is 0.0296. The molecule has 2 aromatic heterocycles. The number of alkyl carbamates (subject to hydrolysis) is 1. The molecular formula is C32H39N3O6S. The van der Waals surface area contributed by atoms with Gasteiger partial charge in [-0.1, -0.05) is 0 Å². The predicted molar refractivity (Wildman–Crippen MR) is 163 cm³/mol. The first kappa shape index (κ1) is 28.7. The fraction of sp³-hybridized carbons (Fsp3) is 0.531. The van der Waals surface area contributed by atoms with E-state index in [1.54, 1.807) is 31.6 Å². The van der Waals surface area contributed by atoms with Crippen LogP contribution in [0.3, 0.4) is 0 Å². The molecule has 1 amide bonds. The zero-order valence-corrected chi connectivity index (χ0v) is 25.8. The molecule has 1 N–H and O–H groups in total. The van der Waals surface area contributed by atoms with E-state index < -0.39 is 11.6 Å². The number of hydrogen-bond donors (Lipinski definition) is 1. The van der Waals surface area contributed by atoms with Crippen molar-refractivity contribution in [3.8, 4) is 16.2 Å². The normalized spacial score (nSPS) is 19.2. The third-order valence-electron chi connectivity index (χ3n) is 8.21. The number of pyridine rings is 1. The van der Waals surface area contributed by atoms with Crippen LogP contribution in [0.25, 0.3) is 21.3 Å². The van der Waals surface area contributed by atoms with Gasteiger partial charge < -0.3 is 24.1 Å². The molecule has 3 aliphatic rings. The maximum Gasteiger partial charge on any atom is 0.407 e. The number of nitrogens with one attached hydrogen (secondary N) is 1. The summed E-state index contributed by atoms with van der Waals surface area (Å²) in [5.74, 6) is 0.0703. The maximum atomic E-state index is 13.4. The molecule has 42 heavy (non-hydrogen) atoms. The van der Waals surface area contributed by atoms with E-state index in [0.717, 1.165) is 61.2 Å². The van der Waals surface area contributed by atoms with Gasteiger partial charge in [-0.3, -0.25) is 9.69 Å². The zero-order chi connectivity index (χ0) is 29.8. The molecule has 1 unspecified atom stereocenters. The number of esters is 1. The van der Waals surface area contributed by atoms with E-state index in [0.29, 0.717) is 17.2 Å². The number of thiophene rings is 1. The van der Waals surface area contributed by atoms with Crippen LogP contribution in [-0.4, -0.2) is 60.0 Å². The molecule has 0 spiro atoms. The fourth-order valence-electron chi connectivity index (χ4n) is 6.19. The number of carbonyl (C=O) groups is 2. The van der Waals surface area contributed by atoms with Gasteiger partial charge in [0.05, 0.1) is 30.7 Å². The Hall–Kier alpha value is -3.37. The molecule has 1 aromatic carbocycles. The minimum Gasteiger partial charge on any atom is -0.494 e. The molecule has 1 saturated heterocycles. The average molecular weight is 594 g/mol. The number of aryl methyl sites for hydroxylation is 1. The van der Waals surface area contributed by atoms with Crippen molar-refractivity contribution in [2.24, 2.45) is 0 Å². The zero-order valence-electron chi connectivity index (χ0n) is 25.0. The molecule has 6 rings (SSSR count). The Morgan fingerprint density at radius 3 is 2.57 bits per heavy atom. The van der Waals surface area contributed by atoms with Crippen LogP contribution in [-0.2, 0) is 15.9 Å². The number of methoxy groups -OCH3 is 1. The second-order valence-corrected chi connectivity index (χ2v) is 13.6. The molecule has 10 heteroatoms. The number of amides is 1. The van der Waals surface area contributed by atoms with E-state index in [9.17, 15) is 14.4 Å². The fourth-order valence-corrected chi connectivity index (χ4v) is 7.47. The van der Waals surface area contributed by atoms with Crippen LogP contribution < -0.4 is 15.5 Å². The Bertz CT molecular complexity index is 1590. The minimum atomic E-state index is -0.589. The van der Waals surface area contributed by atoms with Crippen molar-refractivity contribution in [1.82, 2.24) is 14.8 Å². The van der Waals surface area contributed by atoms with E-state index in [-0.39, 0.29) is 35.8 Å². The first-order chi connectivity index (χ1) is 20.1. The second-order valence-electron chi connectivity index (χ2n) is 12.5. The van der Waals surface area contributed by atoms with Crippen molar-refractivity contribution in [1.29, 1.82) is 0 Å². The Labute approximate surface area is 249 Å². The van der Waals surface area contributed by atoms with E-state index in [2.05, 4.69) is 16.3 Å². The highest BCUT2D eigenvalue weighted by molar-refractivity contribution is 7.15. The SMILES string of the molecule is CCOC(=O)c1cn(C2CC2)c2c(OC)c(-c3cc4c(s3)CCCC4N3CC(NC(=O)OC(C)(C)C)C3)ccc2c1=O. The van der Waals surface area contributed by atoms with Crippen molar-refractivity contribution >= 4 is 34.3 Å². The molecule has 0 radical (unpaired) electrons. The van der Waals surface area contributed by atoms with Gasteiger partial charge in [0.1, 0.15) is 11.2 Å². The van der Waals surface area contributed by atoms with Gasteiger partial charge in [0.25, 0.3) is 0 Å². The van der Waals surface area contributed by atoms with Crippen LogP contribution in [0.1, 0.15) is 86.3 Å². The van der Waals surface area contributed by atoms with Crippen molar-refractivity contribution in [3.63, 3.8) is 0 Å². The van der Waals surface area contributed by atoms with Gasteiger partial charge in [-0.25, -0.2) is 9.59 Å². The summed E-state index contributed by atoms with van der Waals surface area (Å²) in [6, 6.07) is 6.68. The lowest BCUT2D eigenvalue weighted by atomic mass is 9.89. The summed E-state index contributed by atoms with van der Waals surface area (Å²) in [4.78, 5) is 43.2. The molecular weight excluding hydrogens is 554 g/mol. The van der Waals surface area contributed by atoms with Gasteiger partial charge in [-0.05, 0) is 83.6 Å². The number of nitrogens with zero attached hydrogens (tertiary/aromatic N) is 2. The standard InChI is InChI=1S/C32H39N3O6S/c1-6-40-30(37)23-17-35(19-10-11-19)27-21(28(23)36)13-12-20(29(27)39-5)26-14-22-24(8-7-9-25(22)42-26)34-15-18(16-34)33-31(38)41-32(2,3)4/h12-14,17-19,24H,6-11,15-16H2,1-5H3,(H,33,38). The number of rotatable bonds is 7. The predicted octanol–water partition coefficient (Wildman–Crippen LogP) is 5.84. The molecule has 2 aliphatic carbocycles. The van der Waals surface area contributed by atoms with Crippen molar-refractivity contribution in [2.45, 2.75) is 83.5 Å². The van der Waals surface area contributed by atoms with Crippen LogP contribution in [0.5, 0.6) is 5.75 Å². The van der Waals surface area contributed by atoms with Crippen LogP contribution in [0, 0.1) is 0 Å². The van der Waals surface area contributed by atoms with Gasteiger partial charge in [0.2, 0.25) is 5.43 Å². The van der Waals surface area contributed by atoms with Gasteiger partial charge in [0, 0.05) is 46.7 Å². The molecule has 1 atom stereocenters. The first-order valence-corrected chi connectivity index (χ1v) is 15.7. The summed E-state index contributed by atoms with van der Waals surface area (Å²) in [7, 11) is 1.65. The molecule has 2 fully saturated rings. The minimum absolute atomic E-state index is 0.0643. The summed E-state index contributed by atoms with van der Waals surface area (Å²) < 4.78 is 18.7. The molecule has 3 heterocycles.